The van der Waals surface area contributed by atoms with Crippen LogP contribution in [0.25, 0.3) is 66.1 Å². The van der Waals surface area contributed by atoms with Crippen LogP contribution in [0.4, 0.5) is 0 Å². The molecule has 6 aromatic carbocycles. The number of benzene rings is 6. The van der Waals surface area contributed by atoms with Crippen molar-refractivity contribution < 1.29 is 4.42 Å². The Morgan fingerprint density at radius 1 is 0.500 bits per heavy atom. The van der Waals surface area contributed by atoms with E-state index in [1.807, 2.05) is 6.07 Å². The monoisotopic (exact) mass is 488 g/mol. The molecule has 38 heavy (non-hydrogen) atoms. The van der Waals surface area contributed by atoms with E-state index in [0.717, 1.165) is 17.6 Å². The molecule has 0 saturated heterocycles. The first kappa shape index (κ1) is 22.6. The van der Waals surface area contributed by atoms with Crippen LogP contribution in [0, 0.1) is 6.92 Å². The van der Waals surface area contributed by atoms with Crippen LogP contribution >= 0.6 is 0 Å². The highest BCUT2D eigenvalue weighted by atomic mass is 16.3. The van der Waals surface area contributed by atoms with Gasteiger partial charge in [0.05, 0.1) is 0 Å². The molecule has 7 aromatic rings. The molecule has 1 aromatic heterocycles. The van der Waals surface area contributed by atoms with Crippen LogP contribution in [0.2, 0.25) is 0 Å². The van der Waals surface area contributed by atoms with Crippen molar-refractivity contribution >= 4 is 32.7 Å². The van der Waals surface area contributed by atoms with Gasteiger partial charge in [0.2, 0.25) is 0 Å². The molecule has 182 valence electrons. The molecule has 0 spiro atoms. The highest BCUT2D eigenvalue weighted by Gasteiger charge is 2.21. The first-order chi connectivity index (χ1) is 18.7. The van der Waals surface area contributed by atoms with E-state index >= 15 is 0 Å². The molecule has 1 nitrogen and oxygen atoms in total. The second-order valence-electron chi connectivity index (χ2n) is 9.97. The molecule has 1 heterocycles. The molecule has 0 aliphatic heterocycles. The lowest BCUT2D eigenvalue weighted by atomic mass is 9.82. The van der Waals surface area contributed by atoms with Crippen molar-refractivity contribution in [2.75, 3.05) is 0 Å². The lowest BCUT2D eigenvalue weighted by molar-refractivity contribution is 0.669. The Morgan fingerprint density at radius 3 is 1.82 bits per heavy atom. The Hall–Kier alpha value is -4.62. The predicted octanol–water partition coefficient (Wildman–Crippen LogP) is 10.6. The summed E-state index contributed by atoms with van der Waals surface area (Å²) in [7, 11) is 0. The summed E-state index contributed by atoms with van der Waals surface area (Å²) in [5, 5.41) is 4.93. The van der Waals surface area contributed by atoms with Gasteiger partial charge in [-0.25, -0.2) is 0 Å². The largest absolute Gasteiger partial charge is 0.456 e. The molecule has 0 N–H and O–H groups in total. The summed E-state index contributed by atoms with van der Waals surface area (Å²) in [6, 6.07) is 43.4. The van der Waals surface area contributed by atoms with Gasteiger partial charge in [-0.1, -0.05) is 116 Å². The van der Waals surface area contributed by atoms with Gasteiger partial charge in [0.15, 0.2) is 0 Å². The summed E-state index contributed by atoms with van der Waals surface area (Å²) in [6.07, 6.45) is 0.960. The first-order valence-electron chi connectivity index (χ1n) is 13.3. The molecule has 0 bridgehead atoms. The van der Waals surface area contributed by atoms with Crippen LogP contribution < -0.4 is 0 Å². The van der Waals surface area contributed by atoms with Crippen molar-refractivity contribution in [1.82, 2.24) is 0 Å². The lowest BCUT2D eigenvalue weighted by Crippen LogP contribution is -1.99. The zero-order valence-electron chi connectivity index (χ0n) is 21.7. The fourth-order valence-corrected chi connectivity index (χ4v) is 6.18. The van der Waals surface area contributed by atoms with Gasteiger partial charge in [-0.15, -0.1) is 0 Å². The van der Waals surface area contributed by atoms with E-state index in [-0.39, 0.29) is 0 Å². The van der Waals surface area contributed by atoms with E-state index in [2.05, 4.69) is 129 Å². The van der Waals surface area contributed by atoms with Crippen LogP contribution in [-0.4, -0.2) is 0 Å². The molecule has 0 unspecified atom stereocenters. The van der Waals surface area contributed by atoms with Gasteiger partial charge in [0, 0.05) is 10.8 Å². The molecule has 7 rings (SSSR count). The first-order valence-corrected chi connectivity index (χ1v) is 13.3. The average Bonchev–Trinajstić information content (AvgIpc) is 3.36. The number of hydrogen-bond donors (Lipinski definition) is 0. The molecule has 0 fully saturated rings. The summed E-state index contributed by atoms with van der Waals surface area (Å²) >= 11 is 0. The van der Waals surface area contributed by atoms with Crippen molar-refractivity contribution in [3.63, 3.8) is 0 Å². The number of para-hydroxylation sites is 1. The van der Waals surface area contributed by atoms with Gasteiger partial charge in [0.1, 0.15) is 11.2 Å². The quantitative estimate of drug-likeness (QED) is 0.240. The Morgan fingerprint density at radius 2 is 1.08 bits per heavy atom. The highest BCUT2D eigenvalue weighted by molar-refractivity contribution is 6.17. The average molecular weight is 489 g/mol. The fourth-order valence-electron chi connectivity index (χ4n) is 6.18. The van der Waals surface area contributed by atoms with Crippen molar-refractivity contribution in [2.45, 2.75) is 20.3 Å². The van der Waals surface area contributed by atoms with Crippen molar-refractivity contribution in [3.8, 4) is 33.4 Å². The molecule has 0 aliphatic rings. The normalized spacial score (nSPS) is 11.5. The van der Waals surface area contributed by atoms with E-state index in [1.165, 1.54) is 66.1 Å². The standard InChI is InChI=1S/C37H28O/c1-3-28-24(2)35(32-17-11-19-34-37(32)31-16-9-10-18-33(31)38-34)29-14-7-8-15-30(29)36(28)27-22-20-26(21-23-27)25-12-5-4-6-13-25/h4-23H,3H2,1-2H3. The minimum absolute atomic E-state index is 0.933. The molecule has 1 heteroatoms. The minimum Gasteiger partial charge on any atom is -0.456 e. The van der Waals surface area contributed by atoms with Gasteiger partial charge >= 0.3 is 0 Å². The highest BCUT2D eigenvalue weighted by Crippen LogP contribution is 2.45. The van der Waals surface area contributed by atoms with Crippen LogP contribution in [0.3, 0.4) is 0 Å². The Kier molecular flexibility index (Phi) is 5.37. The van der Waals surface area contributed by atoms with E-state index in [1.54, 1.807) is 0 Å². The number of fused-ring (bicyclic) bond motifs is 4. The van der Waals surface area contributed by atoms with Gasteiger partial charge in [-0.2, -0.15) is 0 Å². The fraction of sp³-hybridized carbons (Fsp3) is 0.0811. The SMILES string of the molecule is CCc1c(C)c(-c2cccc3oc4ccccc4c23)c2ccccc2c1-c1ccc(-c2ccccc2)cc1. The maximum atomic E-state index is 6.26. The molecule has 0 saturated carbocycles. The van der Waals surface area contributed by atoms with Crippen molar-refractivity contribution in [1.29, 1.82) is 0 Å². The van der Waals surface area contributed by atoms with E-state index in [4.69, 9.17) is 4.42 Å². The number of rotatable bonds is 4. The van der Waals surface area contributed by atoms with Gasteiger partial charge in [-0.3, -0.25) is 0 Å². The topological polar surface area (TPSA) is 13.1 Å². The molecule has 0 radical (unpaired) electrons. The molecule has 0 amide bonds. The maximum absolute atomic E-state index is 6.26. The van der Waals surface area contributed by atoms with E-state index < -0.39 is 0 Å². The van der Waals surface area contributed by atoms with E-state index in [9.17, 15) is 0 Å². The van der Waals surface area contributed by atoms with Crippen molar-refractivity contribution in [3.05, 3.63) is 132 Å². The summed E-state index contributed by atoms with van der Waals surface area (Å²) in [5.41, 5.74) is 12.2. The zero-order chi connectivity index (χ0) is 25.6. The van der Waals surface area contributed by atoms with Gasteiger partial charge in [0.25, 0.3) is 0 Å². The number of furan rings is 1. The van der Waals surface area contributed by atoms with Crippen LogP contribution in [0.1, 0.15) is 18.1 Å². The van der Waals surface area contributed by atoms with E-state index in [0.29, 0.717) is 0 Å². The predicted molar refractivity (Wildman–Crippen MR) is 162 cm³/mol. The molecule has 0 aliphatic carbocycles. The lowest BCUT2D eigenvalue weighted by Gasteiger charge is -2.21. The van der Waals surface area contributed by atoms with Crippen LogP contribution in [-0.2, 0) is 6.42 Å². The smallest absolute Gasteiger partial charge is 0.136 e. The van der Waals surface area contributed by atoms with Gasteiger partial charge in [-0.05, 0) is 80.8 Å². The second-order valence-corrected chi connectivity index (χ2v) is 9.97. The summed E-state index contributed by atoms with van der Waals surface area (Å²) < 4.78 is 6.26. The minimum atomic E-state index is 0.933. The van der Waals surface area contributed by atoms with Crippen molar-refractivity contribution in [2.24, 2.45) is 0 Å². The molecule has 0 atom stereocenters. The summed E-state index contributed by atoms with van der Waals surface area (Å²) in [6.45, 7) is 4.57. The zero-order valence-corrected chi connectivity index (χ0v) is 21.7. The summed E-state index contributed by atoms with van der Waals surface area (Å²) in [5.74, 6) is 0. The third-order valence-corrected chi connectivity index (χ3v) is 7.90. The molecular weight excluding hydrogens is 460 g/mol. The Labute approximate surface area is 223 Å². The maximum Gasteiger partial charge on any atom is 0.136 e. The number of hydrogen-bond acceptors (Lipinski definition) is 1. The van der Waals surface area contributed by atoms with Crippen LogP contribution in [0.15, 0.2) is 126 Å². The summed E-state index contributed by atoms with van der Waals surface area (Å²) in [4.78, 5) is 0. The third-order valence-electron chi connectivity index (χ3n) is 7.90. The van der Waals surface area contributed by atoms with Gasteiger partial charge < -0.3 is 4.42 Å². The third kappa shape index (κ3) is 3.47. The Balaban J connectivity index is 1.51. The molecular formula is C37H28O. The van der Waals surface area contributed by atoms with Crippen LogP contribution in [0.5, 0.6) is 0 Å². The Bertz CT molecular complexity index is 1940. The second kappa shape index (κ2) is 9.04.